The van der Waals surface area contributed by atoms with Gasteiger partial charge in [0.25, 0.3) is 5.89 Å². The number of rotatable bonds is 4. The van der Waals surface area contributed by atoms with E-state index in [0.29, 0.717) is 18.3 Å². The molecule has 0 saturated carbocycles. The van der Waals surface area contributed by atoms with Crippen molar-refractivity contribution in [3.63, 3.8) is 0 Å². The number of likely N-dealkylation sites (tertiary alicyclic amines) is 1. The highest BCUT2D eigenvalue weighted by atomic mass is 16.5. The van der Waals surface area contributed by atoms with Crippen LogP contribution in [0.25, 0.3) is 11.5 Å². The first-order valence-corrected chi connectivity index (χ1v) is 8.26. The van der Waals surface area contributed by atoms with Crippen molar-refractivity contribution in [3.05, 3.63) is 53.2 Å². The van der Waals surface area contributed by atoms with E-state index in [9.17, 15) is 0 Å². The third kappa shape index (κ3) is 2.97. The van der Waals surface area contributed by atoms with Gasteiger partial charge in [-0.25, -0.2) is 0 Å². The Morgan fingerprint density at radius 2 is 1.96 bits per heavy atom. The van der Waals surface area contributed by atoms with Crippen LogP contribution >= 0.6 is 0 Å². The maximum Gasteiger partial charge on any atom is 0.257 e. The Bertz CT molecular complexity index is 822. The van der Waals surface area contributed by atoms with Gasteiger partial charge in [0.2, 0.25) is 0 Å². The average molecular weight is 324 g/mol. The second kappa shape index (κ2) is 6.20. The largest absolute Gasteiger partial charge is 0.361 e. The summed E-state index contributed by atoms with van der Waals surface area (Å²) >= 11 is 0. The zero-order valence-electron chi connectivity index (χ0n) is 13.9. The zero-order valence-corrected chi connectivity index (χ0v) is 13.9. The van der Waals surface area contributed by atoms with Crippen molar-refractivity contribution < 1.29 is 9.05 Å². The van der Waals surface area contributed by atoms with Crippen molar-refractivity contribution in [2.45, 2.75) is 39.3 Å². The summed E-state index contributed by atoms with van der Waals surface area (Å²) in [4.78, 5) is 6.88. The van der Waals surface area contributed by atoms with E-state index in [1.54, 1.807) is 0 Å². The van der Waals surface area contributed by atoms with Gasteiger partial charge in [0, 0.05) is 11.6 Å². The molecule has 2 aromatic heterocycles. The van der Waals surface area contributed by atoms with E-state index in [1.165, 1.54) is 5.56 Å². The van der Waals surface area contributed by atoms with E-state index in [0.717, 1.165) is 36.4 Å². The van der Waals surface area contributed by atoms with E-state index in [4.69, 9.17) is 9.05 Å². The highest BCUT2D eigenvalue weighted by Crippen LogP contribution is 2.32. The predicted octanol–water partition coefficient (Wildman–Crippen LogP) is 3.68. The number of benzene rings is 1. The van der Waals surface area contributed by atoms with Crippen molar-refractivity contribution in [1.29, 1.82) is 0 Å². The Labute approximate surface area is 140 Å². The van der Waals surface area contributed by atoms with E-state index < -0.39 is 0 Å². The van der Waals surface area contributed by atoms with E-state index >= 15 is 0 Å². The summed E-state index contributed by atoms with van der Waals surface area (Å²) in [7, 11) is 0. The first-order chi connectivity index (χ1) is 11.7. The van der Waals surface area contributed by atoms with Crippen molar-refractivity contribution in [2.24, 2.45) is 0 Å². The van der Waals surface area contributed by atoms with Gasteiger partial charge in [-0.15, -0.1) is 0 Å². The number of aromatic nitrogens is 3. The molecule has 1 saturated heterocycles. The van der Waals surface area contributed by atoms with E-state index in [2.05, 4.69) is 27.1 Å². The van der Waals surface area contributed by atoms with Gasteiger partial charge >= 0.3 is 0 Å². The van der Waals surface area contributed by atoms with Crippen LogP contribution < -0.4 is 0 Å². The fourth-order valence-electron chi connectivity index (χ4n) is 3.21. The van der Waals surface area contributed by atoms with Crippen molar-refractivity contribution in [2.75, 3.05) is 6.54 Å². The van der Waals surface area contributed by atoms with Crippen molar-refractivity contribution in [1.82, 2.24) is 20.2 Å². The zero-order chi connectivity index (χ0) is 16.5. The summed E-state index contributed by atoms with van der Waals surface area (Å²) in [5.74, 6) is 2.12. The molecule has 0 aliphatic carbocycles. The minimum Gasteiger partial charge on any atom is -0.361 e. The minimum absolute atomic E-state index is 0.267. The monoisotopic (exact) mass is 324 g/mol. The molecule has 0 unspecified atom stereocenters. The lowest BCUT2D eigenvalue weighted by atomic mass is 10.1. The smallest absolute Gasteiger partial charge is 0.257 e. The Hall–Kier alpha value is -2.47. The predicted molar refractivity (Wildman–Crippen MR) is 88.1 cm³/mol. The third-order valence-corrected chi connectivity index (χ3v) is 4.46. The number of hydrogen-bond donors (Lipinski definition) is 0. The quantitative estimate of drug-likeness (QED) is 0.729. The molecule has 1 atom stereocenters. The molecular weight excluding hydrogens is 304 g/mol. The molecule has 0 N–H and O–H groups in total. The normalized spacial score (nSPS) is 18.3. The van der Waals surface area contributed by atoms with E-state index in [-0.39, 0.29) is 6.04 Å². The molecule has 3 aromatic rings. The van der Waals surface area contributed by atoms with Gasteiger partial charge in [-0.1, -0.05) is 28.0 Å². The van der Waals surface area contributed by atoms with Crippen LogP contribution in [0.5, 0.6) is 0 Å². The molecule has 1 aromatic carbocycles. The summed E-state index contributed by atoms with van der Waals surface area (Å²) < 4.78 is 10.6. The second-order valence-corrected chi connectivity index (χ2v) is 6.37. The highest BCUT2D eigenvalue weighted by Gasteiger charge is 2.29. The Kier molecular flexibility index (Phi) is 3.90. The molecule has 1 aliphatic rings. The molecule has 0 radical (unpaired) electrons. The first-order valence-electron chi connectivity index (χ1n) is 8.26. The molecule has 24 heavy (non-hydrogen) atoms. The van der Waals surface area contributed by atoms with E-state index in [1.807, 2.05) is 37.3 Å². The van der Waals surface area contributed by atoms with Gasteiger partial charge in [-0.05, 0) is 45.4 Å². The lowest BCUT2D eigenvalue weighted by Gasteiger charge is -2.20. The summed E-state index contributed by atoms with van der Waals surface area (Å²) in [6, 6.07) is 10.4. The number of hydrogen-bond acceptors (Lipinski definition) is 6. The molecule has 0 bridgehead atoms. The fraction of sp³-hybridized carbons (Fsp3) is 0.389. The second-order valence-electron chi connectivity index (χ2n) is 6.37. The molecule has 4 rings (SSSR count). The molecule has 124 valence electrons. The first kappa shape index (κ1) is 15.1. The van der Waals surface area contributed by atoms with Crippen LogP contribution in [0, 0.1) is 13.8 Å². The summed E-state index contributed by atoms with van der Waals surface area (Å²) in [6.07, 6.45) is 2.22. The standard InChI is InChI=1S/C18H20N4O2/c1-12-5-7-14(8-6-12)18-19-17(21-24-18)11-22-9-3-4-16(22)15-10-13(2)23-20-15/h5-8,10,16H,3-4,9,11H2,1-2H3/t16-/m0/s1. The summed E-state index contributed by atoms with van der Waals surface area (Å²) in [5.41, 5.74) is 3.15. The van der Waals surface area contributed by atoms with Crippen molar-refractivity contribution >= 4 is 0 Å². The van der Waals surface area contributed by atoms with Crippen LogP contribution in [-0.4, -0.2) is 26.7 Å². The molecular formula is C18H20N4O2. The molecule has 6 heteroatoms. The van der Waals surface area contributed by atoms with Crippen molar-refractivity contribution in [3.8, 4) is 11.5 Å². The van der Waals surface area contributed by atoms with Crippen LogP contribution in [-0.2, 0) is 6.54 Å². The minimum atomic E-state index is 0.267. The molecule has 6 nitrogen and oxygen atoms in total. The lowest BCUT2D eigenvalue weighted by molar-refractivity contribution is 0.228. The van der Waals surface area contributed by atoms with Gasteiger partial charge in [0.1, 0.15) is 11.5 Å². The Morgan fingerprint density at radius 1 is 1.12 bits per heavy atom. The highest BCUT2D eigenvalue weighted by molar-refractivity contribution is 5.53. The Balaban J connectivity index is 1.50. The van der Waals surface area contributed by atoms with Crippen LogP contribution in [0.15, 0.2) is 39.4 Å². The van der Waals surface area contributed by atoms with Crippen LogP contribution in [0.1, 0.15) is 41.7 Å². The number of nitrogens with zero attached hydrogens (tertiary/aromatic N) is 4. The molecule has 1 aliphatic heterocycles. The summed E-state index contributed by atoms with van der Waals surface area (Å²) in [6.45, 7) is 5.64. The van der Waals surface area contributed by atoms with Gasteiger partial charge in [0.05, 0.1) is 12.6 Å². The van der Waals surface area contributed by atoms with Gasteiger partial charge in [0.15, 0.2) is 5.82 Å². The van der Waals surface area contributed by atoms with Crippen LogP contribution in [0.3, 0.4) is 0 Å². The SMILES string of the molecule is Cc1ccc(-c2nc(CN3CCC[C@H]3c3cc(C)on3)no2)cc1. The Morgan fingerprint density at radius 3 is 2.71 bits per heavy atom. The molecule has 1 fully saturated rings. The molecule has 0 amide bonds. The topological polar surface area (TPSA) is 68.2 Å². The number of aryl methyl sites for hydroxylation is 2. The van der Waals surface area contributed by atoms with Gasteiger partial charge in [-0.3, -0.25) is 4.90 Å². The average Bonchev–Trinajstić information content (AvgIpc) is 3.30. The molecule has 0 spiro atoms. The van der Waals surface area contributed by atoms with Gasteiger partial charge in [-0.2, -0.15) is 4.98 Å². The summed E-state index contributed by atoms with van der Waals surface area (Å²) in [5, 5.41) is 8.31. The van der Waals surface area contributed by atoms with Gasteiger partial charge < -0.3 is 9.05 Å². The fourth-order valence-corrected chi connectivity index (χ4v) is 3.21. The maximum absolute atomic E-state index is 5.42. The van der Waals surface area contributed by atoms with Crippen LogP contribution in [0.4, 0.5) is 0 Å². The lowest BCUT2D eigenvalue weighted by Crippen LogP contribution is -2.23. The molecule has 3 heterocycles. The maximum atomic E-state index is 5.42. The van der Waals surface area contributed by atoms with Crippen LogP contribution in [0.2, 0.25) is 0 Å². The third-order valence-electron chi connectivity index (χ3n) is 4.46.